The maximum absolute atomic E-state index is 13.3. The summed E-state index contributed by atoms with van der Waals surface area (Å²) < 4.78 is 45.4. The van der Waals surface area contributed by atoms with Crippen LogP contribution in [0, 0.1) is 0 Å². The fraction of sp³-hybridized carbons (Fsp3) is 0.286. The third-order valence-corrected chi connectivity index (χ3v) is 3.80. The van der Waals surface area contributed by atoms with Crippen LogP contribution in [0.1, 0.15) is 18.5 Å². The zero-order chi connectivity index (χ0) is 17.2. The van der Waals surface area contributed by atoms with Crippen LogP contribution in [0.4, 0.5) is 13.2 Å². The molecule has 1 aromatic carbocycles. The Hall–Kier alpha value is -1.61. The molecule has 0 aromatic heterocycles. The highest BCUT2D eigenvalue weighted by Gasteiger charge is 2.44. The van der Waals surface area contributed by atoms with E-state index in [4.69, 9.17) is 17.0 Å². The first-order valence-electron chi connectivity index (χ1n) is 6.55. The molecule has 1 aromatic rings. The summed E-state index contributed by atoms with van der Waals surface area (Å²) in [5, 5.41) is 4.50. The number of allylic oxidation sites excluding steroid dienone is 1. The average Bonchev–Trinajstić information content (AvgIpc) is 2.46. The van der Waals surface area contributed by atoms with Crippen molar-refractivity contribution in [2.24, 2.45) is 0 Å². The number of carbonyl (C=O) groups excluding carboxylic acids is 1. The number of halogens is 4. The number of hydrogen-bond acceptors (Lipinski definition) is 3. The molecule has 124 valence electrons. The van der Waals surface area contributed by atoms with Gasteiger partial charge < -0.3 is 15.4 Å². The van der Waals surface area contributed by atoms with Crippen molar-refractivity contribution < 1.29 is 22.7 Å². The Morgan fingerprint density at radius 1 is 1.35 bits per heavy atom. The van der Waals surface area contributed by atoms with Gasteiger partial charge in [0.1, 0.15) is 5.70 Å². The fourth-order valence-electron chi connectivity index (χ4n) is 2.12. The minimum absolute atomic E-state index is 0.0367. The first-order valence-corrected chi connectivity index (χ1v) is 7.75. The molecule has 0 bridgehead atoms. The molecule has 9 heteroatoms. The lowest BCUT2D eigenvalue weighted by molar-refractivity contribution is -0.140. The summed E-state index contributed by atoms with van der Waals surface area (Å²) in [6.45, 7) is 1.49. The van der Waals surface area contributed by atoms with Crippen LogP contribution in [0.3, 0.4) is 0 Å². The molecule has 0 fully saturated rings. The SMILES string of the molecule is CCOC(=O)C1=C(C(F)(F)F)NC(=S)N[C@@H]1c1ccc(Br)cc1. The Morgan fingerprint density at radius 3 is 2.48 bits per heavy atom. The van der Waals surface area contributed by atoms with Crippen molar-refractivity contribution in [1.82, 2.24) is 10.6 Å². The molecule has 1 aliphatic rings. The van der Waals surface area contributed by atoms with Crippen molar-refractivity contribution in [2.75, 3.05) is 6.61 Å². The highest BCUT2D eigenvalue weighted by Crippen LogP contribution is 2.35. The van der Waals surface area contributed by atoms with Gasteiger partial charge in [0.2, 0.25) is 0 Å². The molecule has 0 saturated carbocycles. The van der Waals surface area contributed by atoms with Gasteiger partial charge in [0.25, 0.3) is 0 Å². The Morgan fingerprint density at radius 2 is 1.96 bits per heavy atom. The molecule has 0 saturated heterocycles. The molecule has 23 heavy (non-hydrogen) atoms. The van der Waals surface area contributed by atoms with Gasteiger partial charge in [0.15, 0.2) is 5.11 Å². The van der Waals surface area contributed by atoms with Crippen LogP contribution in [0.15, 0.2) is 40.0 Å². The summed E-state index contributed by atoms with van der Waals surface area (Å²) >= 11 is 8.09. The molecule has 0 aliphatic carbocycles. The second kappa shape index (κ2) is 6.88. The lowest BCUT2D eigenvalue weighted by atomic mass is 9.95. The number of hydrogen-bond donors (Lipinski definition) is 2. The highest BCUT2D eigenvalue weighted by molar-refractivity contribution is 9.10. The first kappa shape index (κ1) is 17.7. The third-order valence-electron chi connectivity index (χ3n) is 3.05. The first-order chi connectivity index (χ1) is 10.7. The van der Waals surface area contributed by atoms with Crippen LogP contribution in [-0.4, -0.2) is 23.9 Å². The quantitative estimate of drug-likeness (QED) is 0.593. The van der Waals surface area contributed by atoms with E-state index < -0.39 is 29.5 Å². The zero-order valence-corrected chi connectivity index (χ0v) is 14.2. The van der Waals surface area contributed by atoms with Gasteiger partial charge in [-0.15, -0.1) is 0 Å². The maximum atomic E-state index is 13.3. The van der Waals surface area contributed by atoms with Gasteiger partial charge in [-0.1, -0.05) is 28.1 Å². The van der Waals surface area contributed by atoms with Gasteiger partial charge in [-0.2, -0.15) is 13.2 Å². The van der Waals surface area contributed by atoms with E-state index in [2.05, 4.69) is 21.2 Å². The maximum Gasteiger partial charge on any atom is 0.431 e. The number of benzene rings is 1. The van der Waals surface area contributed by atoms with Crippen LogP contribution in [0.25, 0.3) is 0 Å². The van der Waals surface area contributed by atoms with Crippen LogP contribution in [0.2, 0.25) is 0 Å². The van der Waals surface area contributed by atoms with E-state index in [0.717, 1.165) is 4.47 Å². The molecular formula is C14H12BrF3N2O2S. The fourth-order valence-corrected chi connectivity index (χ4v) is 2.61. The molecule has 0 unspecified atom stereocenters. The Bertz CT molecular complexity index is 659. The van der Waals surface area contributed by atoms with Gasteiger partial charge in [-0.25, -0.2) is 4.79 Å². The number of esters is 1. The van der Waals surface area contributed by atoms with E-state index in [-0.39, 0.29) is 11.7 Å². The van der Waals surface area contributed by atoms with E-state index in [1.54, 1.807) is 24.3 Å². The van der Waals surface area contributed by atoms with E-state index >= 15 is 0 Å². The lowest BCUT2D eigenvalue weighted by Crippen LogP contribution is -2.49. The van der Waals surface area contributed by atoms with Gasteiger partial charge in [-0.3, -0.25) is 0 Å². The van der Waals surface area contributed by atoms with Crippen molar-refractivity contribution >= 4 is 39.2 Å². The predicted octanol–water partition coefficient (Wildman–Crippen LogP) is 3.35. The van der Waals surface area contributed by atoms with Crippen molar-refractivity contribution in [3.8, 4) is 0 Å². The van der Waals surface area contributed by atoms with Gasteiger partial charge in [0, 0.05) is 4.47 Å². The second-order valence-electron chi connectivity index (χ2n) is 4.59. The Balaban J connectivity index is 2.59. The number of carbonyl (C=O) groups is 1. The summed E-state index contributed by atoms with van der Waals surface area (Å²) in [7, 11) is 0. The highest BCUT2D eigenvalue weighted by atomic mass is 79.9. The Kier molecular flexibility index (Phi) is 5.30. The van der Waals surface area contributed by atoms with Crippen LogP contribution in [0.5, 0.6) is 0 Å². The topological polar surface area (TPSA) is 50.4 Å². The van der Waals surface area contributed by atoms with Crippen molar-refractivity contribution in [1.29, 1.82) is 0 Å². The smallest absolute Gasteiger partial charge is 0.431 e. The number of thiocarbonyl (C=S) groups is 1. The molecule has 1 aliphatic heterocycles. The largest absolute Gasteiger partial charge is 0.463 e. The van der Waals surface area contributed by atoms with Crippen molar-refractivity contribution in [2.45, 2.75) is 19.1 Å². The van der Waals surface area contributed by atoms with Gasteiger partial charge in [-0.05, 0) is 36.8 Å². The van der Waals surface area contributed by atoms with E-state index in [0.29, 0.717) is 5.56 Å². The molecular weight excluding hydrogens is 397 g/mol. The summed E-state index contributed by atoms with van der Waals surface area (Å²) in [4.78, 5) is 12.1. The normalized spacial score (nSPS) is 18.3. The number of nitrogens with one attached hydrogen (secondary N) is 2. The number of alkyl halides is 3. The predicted molar refractivity (Wildman–Crippen MR) is 85.5 cm³/mol. The second-order valence-corrected chi connectivity index (χ2v) is 5.91. The number of rotatable bonds is 3. The standard InChI is InChI=1S/C14H12BrF3N2O2S/c1-2-22-12(21)9-10(7-3-5-8(15)6-4-7)19-13(23)20-11(9)14(16,17)18/h3-6,10H,2H2,1H3,(H2,19,20,23)/t10-/m1/s1. The zero-order valence-electron chi connectivity index (χ0n) is 11.8. The van der Waals surface area contributed by atoms with E-state index in [9.17, 15) is 18.0 Å². The molecule has 0 radical (unpaired) electrons. The summed E-state index contributed by atoms with van der Waals surface area (Å²) in [5.74, 6) is -1.05. The summed E-state index contributed by atoms with van der Waals surface area (Å²) in [6, 6.07) is 5.48. The summed E-state index contributed by atoms with van der Waals surface area (Å²) in [6.07, 6.45) is -4.76. The van der Waals surface area contributed by atoms with Crippen LogP contribution >= 0.6 is 28.1 Å². The minimum Gasteiger partial charge on any atom is -0.463 e. The van der Waals surface area contributed by atoms with E-state index in [1.807, 2.05) is 5.32 Å². The molecule has 4 nitrogen and oxygen atoms in total. The Labute approximate surface area is 144 Å². The molecule has 1 atom stereocenters. The minimum atomic E-state index is -4.76. The molecule has 0 amide bonds. The van der Waals surface area contributed by atoms with Gasteiger partial charge in [0.05, 0.1) is 18.2 Å². The molecule has 1 heterocycles. The number of ether oxygens (including phenoxy) is 1. The lowest BCUT2D eigenvalue weighted by Gasteiger charge is -2.31. The van der Waals surface area contributed by atoms with Crippen molar-refractivity contribution in [3.63, 3.8) is 0 Å². The molecule has 2 rings (SSSR count). The van der Waals surface area contributed by atoms with Crippen molar-refractivity contribution in [3.05, 3.63) is 45.6 Å². The van der Waals surface area contributed by atoms with Gasteiger partial charge >= 0.3 is 12.1 Å². The summed E-state index contributed by atoms with van der Waals surface area (Å²) in [5.41, 5.74) is -1.29. The molecule has 2 N–H and O–H groups in total. The van der Waals surface area contributed by atoms with E-state index in [1.165, 1.54) is 6.92 Å². The average molecular weight is 409 g/mol. The molecule has 0 spiro atoms. The monoisotopic (exact) mass is 408 g/mol. The third kappa shape index (κ3) is 4.03. The van der Waals surface area contributed by atoms with Crippen LogP contribution in [-0.2, 0) is 9.53 Å². The van der Waals surface area contributed by atoms with Crippen LogP contribution < -0.4 is 10.6 Å².